The van der Waals surface area contributed by atoms with Crippen LogP contribution in [0.2, 0.25) is 5.02 Å². The third kappa shape index (κ3) is 9.83. The molecule has 0 heterocycles. The van der Waals surface area contributed by atoms with Crippen LogP contribution in [0.5, 0.6) is 5.75 Å². The van der Waals surface area contributed by atoms with Crippen molar-refractivity contribution in [2.24, 2.45) is 0 Å². The molecule has 0 spiro atoms. The lowest BCUT2D eigenvalue weighted by Gasteiger charge is -1.99. The first-order chi connectivity index (χ1) is 9.17. The third-order valence-electron chi connectivity index (χ3n) is 2.63. The van der Waals surface area contributed by atoms with Gasteiger partial charge in [-0.05, 0) is 18.2 Å². The number of hydrogen-bond acceptors (Lipinski definition) is 1. The standard InChI is InChI=1S/C8H6ClOP.C8H18.H2/c1-2-6-3-7(9)5-8(4-6)10-11;1-3-5-7-8-6-4-2;/h1,3-5H,11H2;3-8H2,1-2H3;1H. The smallest absolute Gasteiger partial charge is 0.125 e. The van der Waals surface area contributed by atoms with E-state index in [0.29, 0.717) is 10.8 Å². The van der Waals surface area contributed by atoms with Crippen LogP contribution < -0.4 is 4.52 Å². The van der Waals surface area contributed by atoms with Gasteiger partial charge in [-0.15, -0.1) is 6.42 Å². The van der Waals surface area contributed by atoms with Crippen molar-refractivity contribution < 1.29 is 5.95 Å². The van der Waals surface area contributed by atoms with Crippen LogP contribution in [0.3, 0.4) is 0 Å². The van der Waals surface area contributed by atoms with Crippen molar-refractivity contribution in [2.45, 2.75) is 52.4 Å². The minimum atomic E-state index is 0. The molecular weight excluding hydrogens is 275 g/mol. The van der Waals surface area contributed by atoms with E-state index in [9.17, 15) is 0 Å². The minimum absolute atomic E-state index is 0. The van der Waals surface area contributed by atoms with Crippen molar-refractivity contribution in [1.29, 1.82) is 0 Å². The molecule has 0 bridgehead atoms. The molecule has 3 heteroatoms. The summed E-state index contributed by atoms with van der Waals surface area (Å²) in [7, 11) is 2.13. The van der Waals surface area contributed by atoms with Gasteiger partial charge in [0.05, 0.1) is 9.47 Å². The van der Waals surface area contributed by atoms with Crippen molar-refractivity contribution in [3.8, 4) is 18.1 Å². The van der Waals surface area contributed by atoms with E-state index < -0.39 is 0 Å². The number of hydrogen-bond donors (Lipinski definition) is 0. The summed E-state index contributed by atoms with van der Waals surface area (Å²) < 4.78 is 4.87. The predicted octanol–water partition coefficient (Wildman–Crippen LogP) is 6.10. The Kier molecular flexibility index (Phi) is 11.9. The highest BCUT2D eigenvalue weighted by Crippen LogP contribution is 2.21. The third-order valence-corrected chi connectivity index (χ3v) is 3.12. The highest BCUT2D eigenvalue weighted by molar-refractivity contribution is 7.10. The number of rotatable bonds is 6. The van der Waals surface area contributed by atoms with Gasteiger partial charge in [0.25, 0.3) is 0 Å². The molecular formula is C16H26ClOP. The molecule has 1 nitrogen and oxygen atoms in total. The van der Waals surface area contributed by atoms with Crippen molar-refractivity contribution >= 4 is 21.1 Å². The van der Waals surface area contributed by atoms with Crippen LogP contribution in [0.15, 0.2) is 18.2 Å². The van der Waals surface area contributed by atoms with Gasteiger partial charge in [-0.25, -0.2) is 0 Å². The molecule has 0 aromatic heterocycles. The largest absolute Gasteiger partial charge is 0.480 e. The van der Waals surface area contributed by atoms with Gasteiger partial charge in [0.1, 0.15) is 5.75 Å². The van der Waals surface area contributed by atoms with Crippen molar-refractivity contribution in [3.05, 3.63) is 28.8 Å². The van der Waals surface area contributed by atoms with E-state index in [2.05, 4.69) is 29.2 Å². The van der Waals surface area contributed by atoms with E-state index in [1.807, 2.05) is 0 Å². The van der Waals surface area contributed by atoms with Crippen LogP contribution >= 0.6 is 21.1 Å². The zero-order valence-electron chi connectivity index (χ0n) is 11.9. The highest BCUT2D eigenvalue weighted by atomic mass is 35.5. The average Bonchev–Trinajstić information content (AvgIpc) is 2.43. The molecule has 0 N–H and O–H groups in total. The minimum Gasteiger partial charge on any atom is -0.480 e. The Morgan fingerprint density at radius 3 is 2.16 bits per heavy atom. The molecule has 0 saturated heterocycles. The first-order valence-electron chi connectivity index (χ1n) is 6.81. The van der Waals surface area contributed by atoms with Crippen LogP contribution in [-0.4, -0.2) is 0 Å². The van der Waals surface area contributed by atoms with Crippen molar-refractivity contribution in [2.75, 3.05) is 0 Å². The average molecular weight is 301 g/mol. The zero-order chi connectivity index (χ0) is 14.5. The second-order valence-corrected chi connectivity index (χ2v) is 5.02. The zero-order valence-corrected chi connectivity index (χ0v) is 13.8. The van der Waals surface area contributed by atoms with E-state index in [0.717, 1.165) is 5.56 Å². The lowest BCUT2D eigenvalue weighted by atomic mass is 10.1. The van der Waals surface area contributed by atoms with Crippen molar-refractivity contribution in [1.82, 2.24) is 0 Å². The Bertz CT molecular complexity index is 385. The van der Waals surface area contributed by atoms with Crippen LogP contribution in [0.4, 0.5) is 0 Å². The SMILES string of the molecule is C#Cc1cc(Cl)cc(OP)c1.CCCCCCCC.[HH]. The van der Waals surface area contributed by atoms with E-state index in [1.165, 1.54) is 38.5 Å². The lowest BCUT2D eigenvalue weighted by molar-refractivity contribution is 0.624. The van der Waals surface area contributed by atoms with Gasteiger partial charge in [0.2, 0.25) is 0 Å². The van der Waals surface area contributed by atoms with Crippen LogP contribution in [0.25, 0.3) is 0 Å². The Morgan fingerprint density at radius 2 is 1.74 bits per heavy atom. The monoisotopic (exact) mass is 300 g/mol. The topological polar surface area (TPSA) is 9.23 Å². The molecule has 108 valence electrons. The van der Waals surface area contributed by atoms with Gasteiger partial charge in [-0.2, -0.15) is 0 Å². The number of halogens is 1. The lowest BCUT2D eigenvalue weighted by Crippen LogP contribution is -1.77. The fourth-order valence-electron chi connectivity index (χ4n) is 1.57. The molecule has 0 aliphatic heterocycles. The van der Waals surface area contributed by atoms with Crippen LogP contribution in [-0.2, 0) is 0 Å². The van der Waals surface area contributed by atoms with E-state index in [1.54, 1.807) is 18.2 Å². The molecule has 0 amide bonds. The predicted molar refractivity (Wildman–Crippen MR) is 90.9 cm³/mol. The van der Waals surface area contributed by atoms with E-state index in [-0.39, 0.29) is 1.43 Å². The normalized spacial score (nSPS) is 9.21. The highest BCUT2D eigenvalue weighted by Gasteiger charge is 1.96. The maximum absolute atomic E-state index is 5.72. The second kappa shape index (κ2) is 12.3. The second-order valence-electron chi connectivity index (χ2n) is 4.35. The molecule has 1 unspecified atom stereocenters. The fraction of sp³-hybridized carbons (Fsp3) is 0.500. The summed E-state index contributed by atoms with van der Waals surface area (Å²) in [5, 5.41) is 0.581. The summed E-state index contributed by atoms with van der Waals surface area (Å²) in [6.07, 6.45) is 13.7. The first kappa shape index (κ1) is 18.3. The molecule has 0 radical (unpaired) electrons. The number of benzene rings is 1. The quantitative estimate of drug-likeness (QED) is 0.350. The van der Waals surface area contributed by atoms with Gasteiger partial charge in [0, 0.05) is 12.0 Å². The molecule has 1 aromatic carbocycles. The fourth-order valence-corrected chi connectivity index (χ4v) is 1.93. The summed E-state index contributed by atoms with van der Waals surface area (Å²) in [5.41, 5.74) is 0.718. The molecule has 1 atom stereocenters. The Balaban J connectivity index is 0. The summed E-state index contributed by atoms with van der Waals surface area (Å²) >= 11 is 5.72. The summed E-state index contributed by atoms with van der Waals surface area (Å²) in [5.74, 6) is 3.12. The van der Waals surface area contributed by atoms with E-state index >= 15 is 0 Å². The molecule has 0 aliphatic rings. The Morgan fingerprint density at radius 1 is 1.16 bits per heavy atom. The molecule has 0 fully saturated rings. The summed E-state index contributed by atoms with van der Waals surface area (Å²) in [4.78, 5) is 0. The van der Waals surface area contributed by atoms with Gasteiger partial charge < -0.3 is 4.52 Å². The molecule has 1 rings (SSSR count). The summed E-state index contributed by atoms with van der Waals surface area (Å²) in [6.45, 7) is 4.51. The van der Waals surface area contributed by atoms with Gasteiger partial charge in [-0.3, -0.25) is 0 Å². The molecule has 0 saturated carbocycles. The van der Waals surface area contributed by atoms with Crippen LogP contribution in [0, 0.1) is 12.3 Å². The Hall–Kier alpha value is -0.700. The van der Waals surface area contributed by atoms with Crippen molar-refractivity contribution in [3.63, 3.8) is 0 Å². The number of unbranched alkanes of at least 4 members (excludes halogenated alkanes) is 5. The molecule has 19 heavy (non-hydrogen) atoms. The van der Waals surface area contributed by atoms with Gasteiger partial charge in [-0.1, -0.05) is 69.9 Å². The summed E-state index contributed by atoms with van der Waals surface area (Å²) in [6, 6.07) is 5.13. The van der Waals surface area contributed by atoms with Gasteiger partial charge in [0.15, 0.2) is 0 Å². The molecule has 1 aromatic rings. The maximum Gasteiger partial charge on any atom is 0.125 e. The molecule has 0 aliphatic carbocycles. The van der Waals surface area contributed by atoms with Crippen LogP contribution in [0.1, 0.15) is 59.4 Å². The van der Waals surface area contributed by atoms with Gasteiger partial charge >= 0.3 is 0 Å². The van der Waals surface area contributed by atoms with E-state index in [4.69, 9.17) is 22.5 Å². The Labute approximate surface area is 126 Å². The first-order valence-corrected chi connectivity index (χ1v) is 7.66. The number of terminal acetylenes is 1. The maximum atomic E-state index is 5.72.